The van der Waals surface area contributed by atoms with Crippen molar-refractivity contribution in [2.45, 2.75) is 56.8 Å². The highest BCUT2D eigenvalue weighted by molar-refractivity contribution is 9.09. The van der Waals surface area contributed by atoms with Gasteiger partial charge in [-0.3, -0.25) is 4.79 Å². The Hall–Kier alpha value is -0.190. The van der Waals surface area contributed by atoms with Gasteiger partial charge in [-0.05, 0) is 51.4 Å². The number of halogens is 2. The molecule has 2 rings (SSSR count). The van der Waals surface area contributed by atoms with Crippen LogP contribution in [0.1, 0.15) is 56.9 Å². The van der Waals surface area contributed by atoms with Gasteiger partial charge in [-0.15, -0.1) is 17.0 Å². The average Bonchev–Trinajstić information content (AvgIpc) is 2.63. The molecule has 1 aliphatic rings. The van der Waals surface area contributed by atoms with Crippen LogP contribution in [-0.4, -0.2) is 36.7 Å². The molecule has 142 valence electrons. The molecule has 0 bridgehead atoms. The second-order valence-electron chi connectivity index (χ2n) is 7.60. The van der Waals surface area contributed by atoms with Crippen molar-refractivity contribution in [3.05, 3.63) is 35.9 Å². The van der Waals surface area contributed by atoms with E-state index in [1.165, 1.54) is 44.1 Å². The summed E-state index contributed by atoms with van der Waals surface area (Å²) in [6, 6.07) is 10.5. The molecule has 0 N–H and O–H groups in total. The number of carbonyl (C=O) groups is 1. The third-order valence-corrected chi connectivity index (χ3v) is 6.18. The van der Waals surface area contributed by atoms with Gasteiger partial charge in [-0.1, -0.05) is 78.4 Å². The Kier molecular flexibility index (Phi) is 10.5. The van der Waals surface area contributed by atoms with E-state index >= 15 is 0 Å². The summed E-state index contributed by atoms with van der Waals surface area (Å²) in [5.74, 6) is 1.15. The number of Topliss-reactive ketones (excluding diaryl/α,β-unsaturated/α-hetero) is 1. The van der Waals surface area contributed by atoms with Crippen LogP contribution >= 0.6 is 32.9 Å². The molecule has 0 aliphatic heterocycles. The Morgan fingerprint density at radius 3 is 2.32 bits per heavy atom. The fourth-order valence-electron chi connectivity index (χ4n) is 4.08. The lowest BCUT2D eigenvalue weighted by Gasteiger charge is -2.35. The predicted octanol–water partition coefficient (Wildman–Crippen LogP) is 5.78. The topological polar surface area (TPSA) is 20.3 Å². The van der Waals surface area contributed by atoms with Gasteiger partial charge in [0.25, 0.3) is 0 Å². The molecule has 1 fully saturated rings. The molecule has 0 saturated heterocycles. The largest absolute Gasteiger partial charge is 0.309 e. The number of rotatable bonds is 9. The summed E-state index contributed by atoms with van der Waals surface area (Å²) in [6.07, 6.45) is 9.89. The summed E-state index contributed by atoms with van der Waals surface area (Å²) in [7, 11) is 4.19. The summed E-state index contributed by atoms with van der Waals surface area (Å²) in [4.78, 5) is 15.2. The molecule has 25 heavy (non-hydrogen) atoms. The van der Waals surface area contributed by atoms with Crippen LogP contribution in [0.2, 0.25) is 0 Å². The van der Waals surface area contributed by atoms with E-state index in [0.717, 1.165) is 25.3 Å². The van der Waals surface area contributed by atoms with Gasteiger partial charge < -0.3 is 4.90 Å². The van der Waals surface area contributed by atoms with E-state index in [-0.39, 0.29) is 22.4 Å². The number of carbonyl (C=O) groups excluding carboxylic acids is 1. The Morgan fingerprint density at radius 1 is 1.12 bits per heavy atom. The van der Waals surface area contributed by atoms with E-state index in [0.29, 0.717) is 11.1 Å². The van der Waals surface area contributed by atoms with Crippen molar-refractivity contribution < 1.29 is 4.79 Å². The summed E-state index contributed by atoms with van der Waals surface area (Å²) in [6.45, 7) is 0.943. The molecular formula is C21H33Br2NO. The van der Waals surface area contributed by atoms with E-state index in [1.807, 2.05) is 6.07 Å². The number of hydrogen-bond donors (Lipinski definition) is 0. The molecule has 1 aromatic carbocycles. The molecule has 1 atom stereocenters. The fourth-order valence-corrected chi connectivity index (χ4v) is 4.62. The molecule has 0 spiro atoms. The van der Waals surface area contributed by atoms with Crippen LogP contribution in [0.15, 0.2) is 30.3 Å². The van der Waals surface area contributed by atoms with Gasteiger partial charge in [-0.25, -0.2) is 0 Å². The second kappa shape index (κ2) is 11.5. The highest BCUT2D eigenvalue weighted by Gasteiger charge is 2.39. The van der Waals surface area contributed by atoms with Gasteiger partial charge in [0.15, 0.2) is 5.78 Å². The van der Waals surface area contributed by atoms with Crippen LogP contribution in [-0.2, 0) is 10.2 Å². The van der Waals surface area contributed by atoms with Gasteiger partial charge in [0.2, 0.25) is 0 Å². The molecule has 4 heteroatoms. The molecule has 0 aromatic heterocycles. The van der Waals surface area contributed by atoms with Gasteiger partial charge in [0.05, 0.1) is 10.7 Å². The normalized spacial score (nSPS) is 17.8. The Morgan fingerprint density at radius 2 is 1.76 bits per heavy atom. The van der Waals surface area contributed by atoms with Crippen LogP contribution in [0.3, 0.4) is 0 Å². The van der Waals surface area contributed by atoms with E-state index in [1.54, 1.807) is 0 Å². The molecule has 1 saturated carbocycles. The zero-order chi connectivity index (χ0) is 17.4. The molecule has 1 aromatic rings. The summed E-state index contributed by atoms with van der Waals surface area (Å²) < 4.78 is 0. The maximum atomic E-state index is 13.1. The maximum absolute atomic E-state index is 13.1. The van der Waals surface area contributed by atoms with Crippen molar-refractivity contribution in [3.8, 4) is 0 Å². The Balaban J connectivity index is 0.00000312. The average molecular weight is 475 g/mol. The second-order valence-corrected chi connectivity index (χ2v) is 8.16. The van der Waals surface area contributed by atoms with Crippen LogP contribution in [0.5, 0.6) is 0 Å². The Bertz CT molecular complexity index is 500. The van der Waals surface area contributed by atoms with E-state index in [4.69, 9.17) is 0 Å². The molecule has 0 amide bonds. The highest BCUT2D eigenvalue weighted by Crippen LogP contribution is 2.38. The number of benzene rings is 1. The van der Waals surface area contributed by atoms with Crippen molar-refractivity contribution in [3.63, 3.8) is 0 Å². The van der Waals surface area contributed by atoms with Crippen LogP contribution in [0.25, 0.3) is 0 Å². The number of alkyl halides is 1. The molecule has 2 nitrogen and oxygen atoms in total. The van der Waals surface area contributed by atoms with E-state index < -0.39 is 0 Å². The highest BCUT2D eigenvalue weighted by atomic mass is 79.9. The standard InChI is InChI=1S/C21H32BrNO.BrH/c1-23(2)16-15-21(20(24)17-22,19-11-7-4-8-12-19)14-13-18-9-5-3-6-10-18;/h4,7-8,11-12,18H,3,5-6,9-10,13-17H2,1-2H3;1H. The lowest BCUT2D eigenvalue weighted by atomic mass is 9.69. The number of nitrogens with zero attached hydrogens (tertiary/aromatic N) is 1. The van der Waals surface area contributed by atoms with Gasteiger partial charge >= 0.3 is 0 Å². The maximum Gasteiger partial charge on any atom is 0.153 e. The van der Waals surface area contributed by atoms with Crippen molar-refractivity contribution in [1.29, 1.82) is 0 Å². The lowest BCUT2D eigenvalue weighted by molar-refractivity contribution is -0.122. The third-order valence-electron chi connectivity index (χ3n) is 5.67. The van der Waals surface area contributed by atoms with Crippen LogP contribution in [0, 0.1) is 5.92 Å². The van der Waals surface area contributed by atoms with Gasteiger partial charge in [-0.2, -0.15) is 0 Å². The van der Waals surface area contributed by atoms with E-state index in [9.17, 15) is 4.79 Å². The minimum atomic E-state index is -0.341. The van der Waals surface area contributed by atoms with E-state index in [2.05, 4.69) is 59.2 Å². The van der Waals surface area contributed by atoms with Crippen LogP contribution in [0.4, 0.5) is 0 Å². The van der Waals surface area contributed by atoms with Crippen molar-refractivity contribution >= 4 is 38.7 Å². The quantitative estimate of drug-likeness (QED) is 0.423. The molecule has 1 unspecified atom stereocenters. The van der Waals surface area contributed by atoms with Crippen molar-refractivity contribution in [2.75, 3.05) is 26.0 Å². The monoisotopic (exact) mass is 473 g/mol. The summed E-state index contributed by atoms with van der Waals surface area (Å²) in [5, 5.41) is 0.444. The smallest absolute Gasteiger partial charge is 0.153 e. The Labute approximate surface area is 172 Å². The molecule has 0 heterocycles. The van der Waals surface area contributed by atoms with Gasteiger partial charge in [0, 0.05) is 0 Å². The predicted molar refractivity (Wildman–Crippen MR) is 116 cm³/mol. The van der Waals surface area contributed by atoms with Gasteiger partial charge in [0.1, 0.15) is 0 Å². The molecular weight excluding hydrogens is 442 g/mol. The van der Waals surface area contributed by atoms with Crippen molar-refractivity contribution in [2.24, 2.45) is 5.92 Å². The first kappa shape index (κ1) is 22.9. The van der Waals surface area contributed by atoms with Crippen LogP contribution < -0.4 is 0 Å². The zero-order valence-corrected chi connectivity index (χ0v) is 19.0. The SMILES string of the molecule is Br.CN(C)CCC(CCC1CCCCC1)(C(=O)CBr)c1ccccc1. The summed E-state index contributed by atoms with van der Waals surface area (Å²) >= 11 is 3.46. The molecule has 1 aliphatic carbocycles. The lowest BCUT2D eigenvalue weighted by Crippen LogP contribution is -2.40. The van der Waals surface area contributed by atoms with Crippen molar-refractivity contribution in [1.82, 2.24) is 4.90 Å². The third kappa shape index (κ3) is 6.48. The fraction of sp³-hybridized carbons (Fsp3) is 0.667. The molecule has 0 radical (unpaired) electrons. The number of ketones is 1. The summed E-state index contributed by atoms with van der Waals surface area (Å²) in [5.41, 5.74) is 0.860. The minimum Gasteiger partial charge on any atom is -0.309 e. The number of hydrogen-bond acceptors (Lipinski definition) is 2. The first-order valence-corrected chi connectivity index (χ1v) is 10.5. The zero-order valence-electron chi connectivity index (χ0n) is 15.7. The minimum absolute atomic E-state index is 0. The first-order chi connectivity index (χ1) is 11.6. The first-order valence-electron chi connectivity index (χ1n) is 9.38.